The van der Waals surface area contributed by atoms with Crippen LogP contribution in [-0.4, -0.2) is 25.2 Å². The summed E-state index contributed by atoms with van der Waals surface area (Å²) >= 11 is 0. The van der Waals surface area contributed by atoms with Crippen LogP contribution in [0.15, 0.2) is 33.9 Å². The molecule has 0 radical (unpaired) electrons. The molecule has 1 aromatic carbocycles. The van der Waals surface area contributed by atoms with E-state index in [-0.39, 0.29) is 11.2 Å². The quantitative estimate of drug-likeness (QED) is 0.758. The molecule has 0 spiro atoms. The number of imidazole rings is 1. The van der Waals surface area contributed by atoms with Crippen molar-refractivity contribution in [2.75, 3.05) is 11.9 Å². The van der Waals surface area contributed by atoms with Crippen LogP contribution in [0.2, 0.25) is 0 Å². The van der Waals surface area contributed by atoms with Crippen LogP contribution in [0, 0.1) is 12.8 Å². The van der Waals surface area contributed by atoms with Crippen LogP contribution in [0.25, 0.3) is 11.2 Å². The van der Waals surface area contributed by atoms with Crippen LogP contribution in [0.3, 0.4) is 0 Å². The molecular formula is C19H25N5O2. The van der Waals surface area contributed by atoms with Crippen molar-refractivity contribution in [2.24, 2.45) is 20.0 Å². The molecule has 0 bridgehead atoms. The molecule has 0 atom stereocenters. The summed E-state index contributed by atoms with van der Waals surface area (Å²) in [5.41, 5.74) is 2.36. The smallest absolute Gasteiger partial charge is 0.332 e. The number of nitrogens with one attached hydrogen (secondary N) is 1. The van der Waals surface area contributed by atoms with Crippen molar-refractivity contribution in [3.8, 4) is 0 Å². The van der Waals surface area contributed by atoms with Crippen molar-refractivity contribution < 1.29 is 0 Å². The normalized spacial score (nSPS) is 11.5. The zero-order valence-corrected chi connectivity index (χ0v) is 15.9. The van der Waals surface area contributed by atoms with Crippen LogP contribution in [-0.2, 0) is 20.6 Å². The van der Waals surface area contributed by atoms with Crippen molar-refractivity contribution >= 4 is 17.1 Å². The summed E-state index contributed by atoms with van der Waals surface area (Å²) in [6.45, 7) is 7.48. The van der Waals surface area contributed by atoms with E-state index in [1.54, 1.807) is 7.05 Å². The van der Waals surface area contributed by atoms with Gasteiger partial charge in [0.1, 0.15) is 0 Å². The van der Waals surface area contributed by atoms with Gasteiger partial charge in [-0.05, 0) is 18.4 Å². The SMILES string of the molecule is Cc1cccc(Cn2c(NCC(C)C)nc3c2c(=O)n(C)c(=O)n3C)c1. The fraction of sp³-hybridized carbons (Fsp3) is 0.421. The number of fused-ring (bicyclic) bond motifs is 1. The first-order valence-electron chi connectivity index (χ1n) is 8.75. The van der Waals surface area contributed by atoms with E-state index in [1.165, 1.54) is 11.6 Å². The predicted octanol–water partition coefficient (Wildman–Crippen LogP) is 1.86. The first-order valence-corrected chi connectivity index (χ1v) is 8.75. The van der Waals surface area contributed by atoms with E-state index in [2.05, 4.69) is 30.2 Å². The lowest BCUT2D eigenvalue weighted by molar-refractivity contribution is 0.677. The molecule has 2 heterocycles. The van der Waals surface area contributed by atoms with Gasteiger partial charge in [-0.15, -0.1) is 0 Å². The highest BCUT2D eigenvalue weighted by atomic mass is 16.2. The molecule has 2 aromatic heterocycles. The average molecular weight is 355 g/mol. The molecule has 26 heavy (non-hydrogen) atoms. The minimum atomic E-state index is -0.377. The predicted molar refractivity (Wildman–Crippen MR) is 104 cm³/mol. The van der Waals surface area contributed by atoms with Crippen LogP contribution in [0.5, 0.6) is 0 Å². The summed E-state index contributed by atoms with van der Waals surface area (Å²) in [7, 11) is 3.13. The number of aryl methyl sites for hydroxylation is 2. The molecule has 3 aromatic rings. The van der Waals surface area contributed by atoms with E-state index in [1.807, 2.05) is 29.7 Å². The van der Waals surface area contributed by atoms with Crippen LogP contribution < -0.4 is 16.6 Å². The van der Waals surface area contributed by atoms with Gasteiger partial charge in [-0.1, -0.05) is 43.7 Å². The number of hydrogen-bond donors (Lipinski definition) is 1. The average Bonchev–Trinajstić information content (AvgIpc) is 2.95. The topological polar surface area (TPSA) is 73.8 Å². The van der Waals surface area contributed by atoms with Gasteiger partial charge in [-0.2, -0.15) is 4.98 Å². The molecule has 0 aliphatic carbocycles. The Bertz CT molecular complexity index is 1070. The molecule has 7 heteroatoms. The second-order valence-corrected chi connectivity index (χ2v) is 7.16. The summed E-state index contributed by atoms with van der Waals surface area (Å²) in [5, 5.41) is 3.32. The molecular weight excluding hydrogens is 330 g/mol. The van der Waals surface area contributed by atoms with Crippen LogP contribution in [0.1, 0.15) is 25.0 Å². The summed E-state index contributed by atoms with van der Waals surface area (Å²) in [6, 6.07) is 8.15. The zero-order chi connectivity index (χ0) is 19.0. The zero-order valence-electron chi connectivity index (χ0n) is 15.9. The second kappa shape index (κ2) is 6.82. The fourth-order valence-electron chi connectivity index (χ4n) is 3.02. The third-order valence-electron chi connectivity index (χ3n) is 4.44. The molecule has 0 saturated carbocycles. The number of benzene rings is 1. The highest BCUT2D eigenvalue weighted by Gasteiger charge is 2.19. The van der Waals surface area contributed by atoms with E-state index in [4.69, 9.17) is 0 Å². The molecule has 7 nitrogen and oxygen atoms in total. The summed E-state index contributed by atoms with van der Waals surface area (Å²) in [6.07, 6.45) is 0. The maximum absolute atomic E-state index is 12.8. The minimum absolute atomic E-state index is 0.333. The minimum Gasteiger partial charge on any atom is -0.355 e. The number of rotatable bonds is 5. The number of hydrogen-bond acceptors (Lipinski definition) is 4. The van der Waals surface area contributed by atoms with E-state index in [9.17, 15) is 9.59 Å². The molecule has 0 aliphatic rings. The van der Waals surface area contributed by atoms with Crippen molar-refractivity contribution in [1.82, 2.24) is 18.7 Å². The van der Waals surface area contributed by atoms with E-state index in [0.717, 1.165) is 22.2 Å². The highest BCUT2D eigenvalue weighted by Crippen LogP contribution is 2.18. The van der Waals surface area contributed by atoms with E-state index >= 15 is 0 Å². The van der Waals surface area contributed by atoms with Gasteiger partial charge in [0, 0.05) is 20.6 Å². The van der Waals surface area contributed by atoms with Gasteiger partial charge in [0.15, 0.2) is 11.2 Å². The lowest BCUT2D eigenvalue weighted by Crippen LogP contribution is -2.37. The monoisotopic (exact) mass is 355 g/mol. The van der Waals surface area contributed by atoms with E-state index in [0.29, 0.717) is 29.6 Å². The highest BCUT2D eigenvalue weighted by molar-refractivity contribution is 5.74. The van der Waals surface area contributed by atoms with Gasteiger partial charge >= 0.3 is 5.69 Å². The van der Waals surface area contributed by atoms with Gasteiger partial charge in [-0.3, -0.25) is 18.5 Å². The molecule has 3 rings (SSSR count). The molecule has 0 fully saturated rings. The van der Waals surface area contributed by atoms with Crippen molar-refractivity contribution in [2.45, 2.75) is 27.3 Å². The lowest BCUT2D eigenvalue weighted by Gasteiger charge is -2.12. The Morgan fingerprint density at radius 1 is 1.15 bits per heavy atom. The Kier molecular flexibility index (Phi) is 4.71. The summed E-state index contributed by atoms with van der Waals surface area (Å²) in [4.78, 5) is 29.6. The molecule has 0 aliphatic heterocycles. The molecule has 0 saturated heterocycles. The fourth-order valence-corrected chi connectivity index (χ4v) is 3.02. The summed E-state index contributed by atoms with van der Waals surface area (Å²) < 4.78 is 4.42. The van der Waals surface area contributed by atoms with Gasteiger partial charge in [-0.25, -0.2) is 4.79 Å². The Labute approximate surface area is 151 Å². The lowest BCUT2D eigenvalue weighted by atomic mass is 10.1. The van der Waals surface area contributed by atoms with Gasteiger partial charge in [0.25, 0.3) is 5.56 Å². The van der Waals surface area contributed by atoms with Crippen LogP contribution in [0.4, 0.5) is 5.95 Å². The van der Waals surface area contributed by atoms with Crippen molar-refractivity contribution in [1.29, 1.82) is 0 Å². The Balaban J connectivity index is 2.24. The van der Waals surface area contributed by atoms with Gasteiger partial charge < -0.3 is 5.32 Å². The Hall–Kier alpha value is -2.83. The molecule has 138 valence electrons. The van der Waals surface area contributed by atoms with Gasteiger partial charge in [0.05, 0.1) is 6.54 Å². The molecule has 1 N–H and O–H groups in total. The summed E-state index contributed by atoms with van der Waals surface area (Å²) in [5.74, 6) is 1.03. The third kappa shape index (κ3) is 3.16. The molecule has 0 unspecified atom stereocenters. The first kappa shape index (κ1) is 18.0. The third-order valence-corrected chi connectivity index (χ3v) is 4.44. The maximum Gasteiger partial charge on any atom is 0.332 e. The second-order valence-electron chi connectivity index (χ2n) is 7.16. The number of anilines is 1. The largest absolute Gasteiger partial charge is 0.355 e. The van der Waals surface area contributed by atoms with Crippen molar-refractivity contribution in [3.63, 3.8) is 0 Å². The van der Waals surface area contributed by atoms with Crippen molar-refractivity contribution in [3.05, 3.63) is 56.2 Å². The standard InChI is InChI=1S/C19H25N5O2/c1-12(2)10-20-18-21-16-15(17(25)23(5)19(26)22(16)4)24(18)11-14-8-6-7-13(3)9-14/h6-9,12H,10-11H2,1-5H3,(H,20,21). The van der Waals surface area contributed by atoms with Crippen LogP contribution >= 0.6 is 0 Å². The van der Waals surface area contributed by atoms with E-state index < -0.39 is 0 Å². The Morgan fingerprint density at radius 3 is 2.54 bits per heavy atom. The van der Waals surface area contributed by atoms with Gasteiger partial charge in [0.2, 0.25) is 5.95 Å². The molecule has 0 amide bonds. The Morgan fingerprint density at radius 2 is 1.88 bits per heavy atom. The number of aromatic nitrogens is 4. The first-order chi connectivity index (χ1) is 12.3. The number of nitrogens with zero attached hydrogens (tertiary/aromatic N) is 4. The maximum atomic E-state index is 12.8.